The van der Waals surface area contributed by atoms with E-state index >= 15 is 0 Å². The number of H-pyrrole nitrogens is 1. The van der Waals surface area contributed by atoms with Crippen molar-refractivity contribution in [3.05, 3.63) is 17.3 Å². The first-order valence-corrected chi connectivity index (χ1v) is 3.65. The van der Waals surface area contributed by atoms with Gasteiger partial charge in [0, 0.05) is 0 Å². The number of rotatable bonds is 1. The van der Waals surface area contributed by atoms with Crippen molar-refractivity contribution < 1.29 is 5.11 Å². The van der Waals surface area contributed by atoms with Crippen molar-refractivity contribution in [3.8, 4) is 0 Å². The third-order valence-electron chi connectivity index (χ3n) is 1.48. The van der Waals surface area contributed by atoms with Gasteiger partial charge in [-0.1, -0.05) is 0 Å². The Morgan fingerprint density at radius 2 is 2.33 bits per heavy atom. The zero-order valence-corrected chi connectivity index (χ0v) is 6.71. The van der Waals surface area contributed by atoms with E-state index in [1.54, 1.807) is 0 Å². The van der Waals surface area contributed by atoms with Crippen LogP contribution in [-0.4, -0.2) is 25.0 Å². The first kappa shape index (κ1) is 7.45. The van der Waals surface area contributed by atoms with Gasteiger partial charge in [-0.25, -0.2) is 9.97 Å². The highest BCUT2D eigenvalue weighted by Gasteiger charge is 2.06. The van der Waals surface area contributed by atoms with Gasteiger partial charge in [0.15, 0.2) is 5.65 Å². The summed E-state index contributed by atoms with van der Waals surface area (Å²) in [7, 11) is 0. The molecule has 0 aromatic carbocycles. The van der Waals surface area contributed by atoms with Crippen LogP contribution in [0.1, 0.15) is 5.69 Å². The number of hydrogen-bond donors (Lipinski definition) is 2. The smallest absolute Gasteiger partial charge is 0.224 e. The molecule has 6 heteroatoms. The fourth-order valence-corrected chi connectivity index (χ4v) is 1.16. The highest BCUT2D eigenvalue weighted by molar-refractivity contribution is 6.28. The highest BCUT2D eigenvalue weighted by Crippen LogP contribution is 2.13. The molecule has 12 heavy (non-hydrogen) atoms. The molecule has 0 unspecified atom stereocenters. The number of halogens is 1. The standard InChI is InChI=1S/C6H5ClN4O/c7-6-10-3(1-12)4-5(11-6)9-2-8-4/h2,12H,1H2,(H,8,9,10,11). The summed E-state index contributed by atoms with van der Waals surface area (Å²) < 4.78 is 0. The maximum absolute atomic E-state index is 8.88. The number of hydrogen-bond acceptors (Lipinski definition) is 4. The molecule has 0 spiro atoms. The molecular formula is C6H5ClN4O. The average molecular weight is 185 g/mol. The average Bonchev–Trinajstić information content (AvgIpc) is 2.50. The van der Waals surface area contributed by atoms with Crippen LogP contribution in [0.4, 0.5) is 0 Å². The van der Waals surface area contributed by atoms with E-state index in [-0.39, 0.29) is 11.9 Å². The number of aromatic nitrogens is 4. The van der Waals surface area contributed by atoms with E-state index in [1.807, 2.05) is 0 Å². The summed E-state index contributed by atoms with van der Waals surface area (Å²) in [5.74, 6) is 0. The van der Waals surface area contributed by atoms with Gasteiger partial charge in [0.2, 0.25) is 5.28 Å². The first-order valence-electron chi connectivity index (χ1n) is 3.27. The van der Waals surface area contributed by atoms with Gasteiger partial charge in [-0.3, -0.25) is 0 Å². The van der Waals surface area contributed by atoms with E-state index in [2.05, 4.69) is 19.9 Å². The van der Waals surface area contributed by atoms with Gasteiger partial charge in [-0.15, -0.1) is 0 Å². The molecule has 0 radical (unpaired) electrons. The van der Waals surface area contributed by atoms with Crippen molar-refractivity contribution >= 4 is 22.8 Å². The Labute approximate surface area is 72.4 Å². The molecule has 0 amide bonds. The molecule has 0 aliphatic heterocycles. The number of aliphatic hydroxyl groups is 1. The van der Waals surface area contributed by atoms with E-state index in [0.29, 0.717) is 16.9 Å². The lowest BCUT2D eigenvalue weighted by atomic mass is 10.4. The minimum Gasteiger partial charge on any atom is -0.390 e. The lowest BCUT2D eigenvalue weighted by Gasteiger charge is -1.96. The molecule has 2 heterocycles. The summed E-state index contributed by atoms with van der Waals surface area (Å²) in [6.07, 6.45) is 1.48. The van der Waals surface area contributed by atoms with Crippen LogP contribution in [0.2, 0.25) is 5.28 Å². The Hall–Kier alpha value is -1.20. The number of imidazole rings is 1. The zero-order valence-electron chi connectivity index (χ0n) is 5.95. The molecule has 2 N–H and O–H groups in total. The molecule has 0 saturated carbocycles. The van der Waals surface area contributed by atoms with Crippen molar-refractivity contribution in [3.63, 3.8) is 0 Å². The lowest BCUT2D eigenvalue weighted by molar-refractivity contribution is 0.278. The molecule has 2 aromatic rings. The molecule has 0 bridgehead atoms. The highest BCUT2D eigenvalue weighted by atomic mass is 35.5. The Morgan fingerprint density at radius 3 is 3.08 bits per heavy atom. The maximum Gasteiger partial charge on any atom is 0.224 e. The van der Waals surface area contributed by atoms with Gasteiger partial charge in [0.25, 0.3) is 0 Å². The van der Waals surface area contributed by atoms with Crippen LogP contribution in [0.5, 0.6) is 0 Å². The number of aliphatic hydroxyl groups excluding tert-OH is 1. The summed E-state index contributed by atoms with van der Waals surface area (Å²) in [5, 5.41) is 8.98. The second-order valence-electron chi connectivity index (χ2n) is 2.20. The minimum absolute atomic E-state index is 0.0960. The Balaban J connectivity index is 2.80. The van der Waals surface area contributed by atoms with E-state index in [0.717, 1.165) is 0 Å². The lowest BCUT2D eigenvalue weighted by Crippen LogP contribution is -1.94. The van der Waals surface area contributed by atoms with Gasteiger partial charge < -0.3 is 10.1 Å². The number of nitrogens with one attached hydrogen (secondary N) is 1. The molecule has 62 valence electrons. The molecule has 2 rings (SSSR count). The third kappa shape index (κ3) is 1.03. The van der Waals surface area contributed by atoms with E-state index < -0.39 is 0 Å². The zero-order chi connectivity index (χ0) is 8.55. The van der Waals surface area contributed by atoms with Crippen LogP contribution in [0.15, 0.2) is 6.33 Å². The van der Waals surface area contributed by atoms with Gasteiger partial charge in [-0.05, 0) is 11.6 Å². The van der Waals surface area contributed by atoms with Crippen LogP contribution in [0, 0.1) is 0 Å². The predicted molar refractivity (Wildman–Crippen MR) is 42.6 cm³/mol. The van der Waals surface area contributed by atoms with Crippen molar-refractivity contribution in [1.29, 1.82) is 0 Å². The molecule has 0 atom stereocenters. The Morgan fingerprint density at radius 1 is 1.50 bits per heavy atom. The largest absolute Gasteiger partial charge is 0.390 e. The molecule has 0 aliphatic rings. The molecule has 2 aromatic heterocycles. The summed E-state index contributed by atoms with van der Waals surface area (Å²) in [6.45, 7) is -0.180. The fourth-order valence-electron chi connectivity index (χ4n) is 0.978. The molecular weight excluding hydrogens is 180 g/mol. The van der Waals surface area contributed by atoms with Gasteiger partial charge in [-0.2, -0.15) is 4.98 Å². The first-order chi connectivity index (χ1) is 5.81. The SMILES string of the molecule is OCc1nc(Cl)nc2nc[nH]c12. The maximum atomic E-state index is 8.88. The molecule has 0 fully saturated rings. The second kappa shape index (κ2) is 2.69. The minimum atomic E-state index is -0.180. The Kier molecular flexibility index (Phi) is 1.67. The van der Waals surface area contributed by atoms with Crippen molar-refractivity contribution in [2.45, 2.75) is 6.61 Å². The van der Waals surface area contributed by atoms with E-state index in [9.17, 15) is 0 Å². The monoisotopic (exact) mass is 184 g/mol. The van der Waals surface area contributed by atoms with Gasteiger partial charge in [0.1, 0.15) is 5.52 Å². The topological polar surface area (TPSA) is 74.7 Å². The van der Waals surface area contributed by atoms with Crippen LogP contribution < -0.4 is 0 Å². The Bertz CT molecular complexity index is 413. The summed E-state index contributed by atoms with van der Waals surface area (Å²) >= 11 is 5.57. The van der Waals surface area contributed by atoms with Gasteiger partial charge in [0.05, 0.1) is 18.6 Å². The quantitative estimate of drug-likeness (QED) is 0.633. The predicted octanol–water partition coefficient (Wildman–Crippen LogP) is 0.499. The van der Waals surface area contributed by atoms with Crippen LogP contribution in [-0.2, 0) is 6.61 Å². The normalized spacial score (nSPS) is 10.8. The van der Waals surface area contributed by atoms with Crippen molar-refractivity contribution in [1.82, 2.24) is 19.9 Å². The van der Waals surface area contributed by atoms with E-state index in [1.165, 1.54) is 6.33 Å². The van der Waals surface area contributed by atoms with Crippen molar-refractivity contribution in [2.24, 2.45) is 0 Å². The van der Waals surface area contributed by atoms with Crippen molar-refractivity contribution in [2.75, 3.05) is 0 Å². The number of aromatic amines is 1. The summed E-state index contributed by atoms with van der Waals surface area (Å²) in [4.78, 5) is 14.4. The second-order valence-corrected chi connectivity index (χ2v) is 2.54. The molecule has 5 nitrogen and oxygen atoms in total. The van der Waals surface area contributed by atoms with Crippen LogP contribution in [0.25, 0.3) is 11.2 Å². The molecule has 0 aliphatic carbocycles. The number of nitrogens with zero attached hydrogens (tertiary/aromatic N) is 3. The van der Waals surface area contributed by atoms with Crippen LogP contribution in [0.3, 0.4) is 0 Å². The third-order valence-corrected chi connectivity index (χ3v) is 1.65. The molecule has 0 saturated heterocycles. The van der Waals surface area contributed by atoms with E-state index in [4.69, 9.17) is 16.7 Å². The van der Waals surface area contributed by atoms with Gasteiger partial charge >= 0.3 is 0 Å². The fraction of sp³-hybridized carbons (Fsp3) is 0.167. The van der Waals surface area contributed by atoms with Crippen LogP contribution >= 0.6 is 11.6 Å². The number of fused-ring (bicyclic) bond motifs is 1. The summed E-state index contributed by atoms with van der Waals surface area (Å²) in [6, 6.07) is 0. The summed E-state index contributed by atoms with van der Waals surface area (Å²) in [5.41, 5.74) is 1.56.